The lowest BCUT2D eigenvalue weighted by Crippen LogP contribution is -2.55. The molecule has 0 unspecified atom stereocenters. The van der Waals surface area contributed by atoms with E-state index < -0.39 is 0 Å². The minimum Gasteiger partial charge on any atom is -0.466 e. The van der Waals surface area contributed by atoms with Gasteiger partial charge in [-0.3, -0.25) is 9.59 Å². The zero-order valence-corrected chi connectivity index (χ0v) is 15.6. The van der Waals surface area contributed by atoms with Gasteiger partial charge >= 0.3 is 5.97 Å². The van der Waals surface area contributed by atoms with Crippen LogP contribution in [0.4, 0.5) is 0 Å². The van der Waals surface area contributed by atoms with E-state index in [-0.39, 0.29) is 28.6 Å². The minimum atomic E-state index is -0.351. The van der Waals surface area contributed by atoms with Gasteiger partial charge in [0.25, 0.3) is 0 Å². The van der Waals surface area contributed by atoms with E-state index in [9.17, 15) is 14.4 Å². The van der Waals surface area contributed by atoms with Crippen LogP contribution in [0.5, 0.6) is 0 Å². The van der Waals surface area contributed by atoms with Crippen LogP contribution in [0.2, 0.25) is 0 Å². The quantitative estimate of drug-likeness (QED) is 0.578. The summed E-state index contributed by atoms with van der Waals surface area (Å²) in [5.41, 5.74) is 0.479. The minimum absolute atomic E-state index is 0.0235. The van der Waals surface area contributed by atoms with Gasteiger partial charge < -0.3 is 4.74 Å². The number of fused-ring (bicyclic) bond motifs is 1. The van der Waals surface area contributed by atoms with Gasteiger partial charge in [0.15, 0.2) is 0 Å². The van der Waals surface area contributed by atoms with Gasteiger partial charge in [-0.1, -0.05) is 26.3 Å². The molecule has 2 aliphatic rings. The molecule has 0 spiro atoms. The molecule has 0 saturated heterocycles. The number of hydrogen-bond donors (Lipinski definition) is 0. The monoisotopic (exact) mass is 334 g/mol. The van der Waals surface area contributed by atoms with Crippen LogP contribution in [0.15, 0.2) is 11.6 Å². The van der Waals surface area contributed by atoms with Crippen molar-refractivity contribution in [3.63, 3.8) is 0 Å². The number of hydrogen-bond acceptors (Lipinski definition) is 4. The predicted molar refractivity (Wildman–Crippen MR) is 92.4 cm³/mol. The number of Topliss-reactive ketones (excluding diaryl/α,β-unsaturated/α-hetero) is 2. The molecule has 0 aromatic rings. The first-order valence-electron chi connectivity index (χ1n) is 8.94. The van der Waals surface area contributed by atoms with Crippen molar-refractivity contribution in [3.05, 3.63) is 11.6 Å². The summed E-state index contributed by atoms with van der Waals surface area (Å²) in [7, 11) is 1.36. The van der Waals surface area contributed by atoms with Crippen molar-refractivity contribution in [1.82, 2.24) is 0 Å². The molecule has 3 atom stereocenters. The highest BCUT2D eigenvalue weighted by Crippen LogP contribution is 2.58. The summed E-state index contributed by atoms with van der Waals surface area (Å²) in [6.07, 6.45) is 5.72. The van der Waals surface area contributed by atoms with Crippen molar-refractivity contribution in [2.45, 2.75) is 66.2 Å². The molecular formula is C20H30O4. The first-order chi connectivity index (χ1) is 11.1. The van der Waals surface area contributed by atoms with E-state index in [0.717, 1.165) is 24.8 Å². The molecule has 0 aromatic carbocycles. The Bertz CT molecular complexity index is 572. The summed E-state index contributed by atoms with van der Waals surface area (Å²) in [6, 6.07) is 0. The first kappa shape index (κ1) is 18.9. The number of carbonyl (C=O) groups excluding carboxylic acids is 3. The third-order valence-corrected chi connectivity index (χ3v) is 6.53. The number of esters is 1. The third kappa shape index (κ3) is 3.33. The van der Waals surface area contributed by atoms with Gasteiger partial charge in [-0.15, -0.1) is 0 Å². The van der Waals surface area contributed by atoms with Crippen molar-refractivity contribution in [3.8, 4) is 0 Å². The van der Waals surface area contributed by atoms with Crippen molar-refractivity contribution >= 4 is 17.5 Å². The van der Waals surface area contributed by atoms with Crippen LogP contribution < -0.4 is 0 Å². The molecule has 2 fully saturated rings. The van der Waals surface area contributed by atoms with E-state index in [1.54, 1.807) is 0 Å². The van der Waals surface area contributed by atoms with Gasteiger partial charge in [0.1, 0.15) is 11.6 Å². The zero-order chi connectivity index (χ0) is 18.1. The average molecular weight is 334 g/mol. The Morgan fingerprint density at radius 2 is 1.92 bits per heavy atom. The highest BCUT2D eigenvalue weighted by molar-refractivity contribution is 5.88. The van der Waals surface area contributed by atoms with Crippen molar-refractivity contribution < 1.29 is 19.1 Å². The number of rotatable bonds is 4. The van der Waals surface area contributed by atoms with Gasteiger partial charge in [-0.05, 0) is 43.9 Å². The molecule has 24 heavy (non-hydrogen) atoms. The van der Waals surface area contributed by atoms with E-state index >= 15 is 0 Å². The molecule has 0 aliphatic heterocycles. The molecule has 134 valence electrons. The number of ketones is 2. The van der Waals surface area contributed by atoms with E-state index in [4.69, 9.17) is 0 Å². The lowest BCUT2D eigenvalue weighted by atomic mass is 9.47. The summed E-state index contributed by atoms with van der Waals surface area (Å²) < 4.78 is 4.66. The Hall–Kier alpha value is -1.45. The van der Waals surface area contributed by atoms with Gasteiger partial charge in [0.2, 0.25) is 0 Å². The standard InChI is InChI=1S/C20H30O4/c1-13(12-18(23)24-5)6-7-14-15(21)8-9-16-19(2,3)17(22)10-11-20(14,16)4/h12,14,16H,6-11H2,1-5H3/b13-12-/t14-,16-,20+/m1/s1. The molecule has 0 bridgehead atoms. The second-order valence-electron chi connectivity index (χ2n) is 8.31. The summed E-state index contributed by atoms with van der Waals surface area (Å²) in [5, 5.41) is 0. The largest absolute Gasteiger partial charge is 0.466 e. The third-order valence-electron chi connectivity index (χ3n) is 6.53. The van der Waals surface area contributed by atoms with Crippen LogP contribution >= 0.6 is 0 Å². The number of carbonyl (C=O) groups is 3. The zero-order valence-electron chi connectivity index (χ0n) is 15.6. The summed E-state index contributed by atoms with van der Waals surface area (Å²) in [6.45, 7) is 8.20. The normalized spacial score (nSPS) is 33.1. The van der Waals surface area contributed by atoms with Crippen LogP contribution in [-0.4, -0.2) is 24.6 Å². The van der Waals surface area contributed by atoms with Crippen molar-refractivity contribution in [2.75, 3.05) is 7.11 Å². The van der Waals surface area contributed by atoms with Crippen LogP contribution in [0.3, 0.4) is 0 Å². The van der Waals surface area contributed by atoms with Gasteiger partial charge in [-0.25, -0.2) is 4.79 Å². The molecule has 0 amide bonds. The smallest absolute Gasteiger partial charge is 0.330 e. The van der Waals surface area contributed by atoms with Crippen LogP contribution in [0.25, 0.3) is 0 Å². The Balaban J connectivity index is 2.19. The molecule has 0 radical (unpaired) electrons. The maximum absolute atomic E-state index is 12.6. The van der Waals surface area contributed by atoms with Gasteiger partial charge in [-0.2, -0.15) is 0 Å². The molecule has 4 nitrogen and oxygen atoms in total. The first-order valence-corrected chi connectivity index (χ1v) is 8.94. The molecule has 2 rings (SSSR count). The summed E-state index contributed by atoms with van der Waals surface area (Å²) in [5.74, 6) is 0.545. The average Bonchev–Trinajstić information content (AvgIpc) is 2.50. The molecule has 2 aliphatic carbocycles. The number of allylic oxidation sites excluding steroid dienone is 1. The molecule has 0 heterocycles. The van der Waals surface area contributed by atoms with Gasteiger partial charge in [0, 0.05) is 30.3 Å². The molecule has 0 aromatic heterocycles. The Morgan fingerprint density at radius 1 is 1.25 bits per heavy atom. The maximum Gasteiger partial charge on any atom is 0.330 e. The summed E-state index contributed by atoms with van der Waals surface area (Å²) >= 11 is 0. The highest BCUT2D eigenvalue weighted by Gasteiger charge is 2.57. The van der Waals surface area contributed by atoms with Crippen molar-refractivity contribution in [2.24, 2.45) is 22.7 Å². The second-order valence-corrected chi connectivity index (χ2v) is 8.31. The predicted octanol–water partition coefficient (Wildman–Crippen LogP) is 3.88. The Morgan fingerprint density at radius 3 is 2.54 bits per heavy atom. The molecule has 0 N–H and O–H groups in total. The Kier molecular flexibility index (Phi) is 5.36. The van der Waals surface area contributed by atoms with Gasteiger partial charge in [0.05, 0.1) is 7.11 Å². The molecule has 4 heteroatoms. The van der Waals surface area contributed by atoms with Crippen LogP contribution in [0, 0.1) is 22.7 Å². The SMILES string of the molecule is COC(=O)/C=C(/C)CC[C@@H]1C(=O)CC[C@@H]2C(C)(C)C(=O)CC[C@@]12C. The fourth-order valence-corrected chi connectivity index (χ4v) is 5.03. The summed E-state index contributed by atoms with van der Waals surface area (Å²) in [4.78, 5) is 36.4. The number of methoxy groups -OCH3 is 1. The maximum atomic E-state index is 12.6. The topological polar surface area (TPSA) is 60.4 Å². The highest BCUT2D eigenvalue weighted by atomic mass is 16.5. The van der Waals surface area contributed by atoms with Crippen LogP contribution in [-0.2, 0) is 19.1 Å². The number of ether oxygens (including phenoxy) is 1. The lowest BCUT2D eigenvalue weighted by Gasteiger charge is -2.55. The van der Waals surface area contributed by atoms with E-state index in [1.807, 2.05) is 20.8 Å². The fourth-order valence-electron chi connectivity index (χ4n) is 5.03. The Labute approximate surface area is 145 Å². The molecular weight excluding hydrogens is 304 g/mol. The lowest BCUT2D eigenvalue weighted by molar-refractivity contribution is -0.156. The second kappa shape index (κ2) is 6.81. The van der Waals surface area contributed by atoms with E-state index in [0.29, 0.717) is 30.8 Å². The van der Waals surface area contributed by atoms with E-state index in [1.165, 1.54) is 13.2 Å². The van der Waals surface area contributed by atoms with Crippen LogP contribution in [0.1, 0.15) is 66.2 Å². The van der Waals surface area contributed by atoms with Crippen molar-refractivity contribution in [1.29, 1.82) is 0 Å². The van der Waals surface area contributed by atoms with E-state index in [2.05, 4.69) is 11.7 Å². The fraction of sp³-hybridized carbons (Fsp3) is 0.750. The molecule has 2 saturated carbocycles.